The number of piperidine rings is 1. The fourth-order valence-electron chi connectivity index (χ4n) is 4.96. The van der Waals surface area contributed by atoms with Crippen molar-refractivity contribution in [2.24, 2.45) is 5.92 Å². The summed E-state index contributed by atoms with van der Waals surface area (Å²) in [7, 11) is 0. The Bertz CT molecular complexity index is 728. The summed E-state index contributed by atoms with van der Waals surface area (Å²) in [5, 5.41) is 0. The summed E-state index contributed by atoms with van der Waals surface area (Å²) in [5.74, 6) is 0.517. The van der Waals surface area contributed by atoms with Crippen LogP contribution in [0.1, 0.15) is 54.9 Å². The van der Waals surface area contributed by atoms with Gasteiger partial charge in [0.25, 0.3) is 11.8 Å². The second-order valence-corrected chi connectivity index (χ2v) is 8.46. The highest BCUT2D eigenvalue weighted by molar-refractivity contribution is 5.95. The van der Waals surface area contributed by atoms with Gasteiger partial charge in [-0.1, -0.05) is 25.1 Å². The second kappa shape index (κ2) is 7.27. The fourth-order valence-corrected chi connectivity index (χ4v) is 4.96. The smallest absolute Gasteiger partial charge is 0.254 e. The van der Waals surface area contributed by atoms with Gasteiger partial charge in [0.15, 0.2) is 0 Å². The zero-order valence-electron chi connectivity index (χ0n) is 16.4. The highest BCUT2D eigenvalue weighted by atomic mass is 16.5. The maximum atomic E-state index is 12.9. The zero-order chi connectivity index (χ0) is 19.0. The Morgan fingerprint density at radius 3 is 2.52 bits per heavy atom. The van der Waals surface area contributed by atoms with Gasteiger partial charge in [-0.15, -0.1) is 0 Å². The number of ether oxygens (including phenoxy) is 1. The van der Waals surface area contributed by atoms with Crippen molar-refractivity contribution in [3.8, 4) is 0 Å². The fraction of sp³-hybridized carbons (Fsp3) is 0.636. The number of amides is 2. The molecule has 0 aliphatic carbocycles. The van der Waals surface area contributed by atoms with Crippen molar-refractivity contribution in [3.63, 3.8) is 0 Å². The number of carbonyl (C=O) groups excluding carboxylic acids is 2. The number of hydrogen-bond donors (Lipinski definition) is 0. The molecule has 0 N–H and O–H groups in total. The summed E-state index contributed by atoms with van der Waals surface area (Å²) in [6.07, 6.45) is 4.47. The maximum Gasteiger partial charge on any atom is 0.254 e. The van der Waals surface area contributed by atoms with E-state index in [9.17, 15) is 9.59 Å². The van der Waals surface area contributed by atoms with Crippen LogP contribution >= 0.6 is 0 Å². The Kier molecular flexibility index (Phi) is 4.97. The van der Waals surface area contributed by atoms with E-state index in [0.717, 1.165) is 56.3 Å². The van der Waals surface area contributed by atoms with Gasteiger partial charge < -0.3 is 14.5 Å². The molecule has 3 aliphatic heterocycles. The number of rotatable bonds is 2. The van der Waals surface area contributed by atoms with Gasteiger partial charge in [-0.2, -0.15) is 0 Å². The molecule has 3 unspecified atom stereocenters. The first-order valence-electron chi connectivity index (χ1n) is 10.3. The molecular formula is C22H30N2O3. The molecule has 1 aromatic carbocycles. The number of carbonyl (C=O) groups is 2. The van der Waals surface area contributed by atoms with E-state index in [2.05, 4.69) is 6.92 Å². The lowest BCUT2D eigenvalue weighted by molar-refractivity contribution is -0.154. The molecule has 0 radical (unpaired) electrons. The summed E-state index contributed by atoms with van der Waals surface area (Å²) in [6.45, 7) is 7.29. The van der Waals surface area contributed by atoms with Crippen molar-refractivity contribution in [1.82, 2.24) is 9.80 Å². The van der Waals surface area contributed by atoms with Crippen LogP contribution in [0.3, 0.4) is 0 Å². The average Bonchev–Trinajstić information content (AvgIpc) is 3.34. The molecule has 3 heterocycles. The number of nitrogens with zero attached hydrogens (tertiary/aromatic N) is 2. The number of hydrogen-bond acceptors (Lipinski definition) is 3. The minimum Gasteiger partial charge on any atom is -0.362 e. The maximum absolute atomic E-state index is 12.9. The van der Waals surface area contributed by atoms with Gasteiger partial charge in [0.2, 0.25) is 0 Å². The molecule has 0 saturated carbocycles. The van der Waals surface area contributed by atoms with Crippen LogP contribution in [0.15, 0.2) is 24.3 Å². The van der Waals surface area contributed by atoms with Crippen molar-refractivity contribution >= 4 is 11.8 Å². The SMILES string of the molecule is Cc1ccccc1C(=O)N1CCC2(CCC(C(=O)N3CCCC3)O2)C(C)C1. The van der Waals surface area contributed by atoms with E-state index in [1.165, 1.54) is 0 Å². The highest BCUT2D eigenvalue weighted by Crippen LogP contribution is 2.43. The second-order valence-electron chi connectivity index (χ2n) is 8.46. The van der Waals surface area contributed by atoms with Gasteiger partial charge in [0.1, 0.15) is 6.10 Å². The Morgan fingerprint density at radius 2 is 1.81 bits per heavy atom. The zero-order valence-corrected chi connectivity index (χ0v) is 16.4. The van der Waals surface area contributed by atoms with Crippen LogP contribution in [0.25, 0.3) is 0 Å². The predicted octanol–water partition coefficient (Wildman–Crippen LogP) is 3.02. The van der Waals surface area contributed by atoms with E-state index in [1.807, 2.05) is 41.0 Å². The molecule has 3 saturated heterocycles. The van der Waals surface area contributed by atoms with Gasteiger partial charge >= 0.3 is 0 Å². The minimum atomic E-state index is -0.288. The van der Waals surface area contributed by atoms with Crippen molar-refractivity contribution in [2.75, 3.05) is 26.2 Å². The molecule has 4 rings (SSSR count). The number of benzene rings is 1. The van der Waals surface area contributed by atoms with Gasteiger partial charge in [-0.05, 0) is 50.7 Å². The monoisotopic (exact) mass is 370 g/mol. The minimum absolute atomic E-state index is 0.109. The summed E-state index contributed by atoms with van der Waals surface area (Å²) < 4.78 is 6.40. The van der Waals surface area contributed by atoms with Crippen LogP contribution in [-0.4, -0.2) is 59.5 Å². The normalized spacial score (nSPS) is 30.9. The Labute approximate surface area is 161 Å². The van der Waals surface area contributed by atoms with Crippen molar-refractivity contribution in [1.29, 1.82) is 0 Å². The largest absolute Gasteiger partial charge is 0.362 e. The standard InChI is InChI=1S/C22H30N2O3/c1-16-7-3-4-8-18(16)20(25)24-14-11-22(17(2)15-24)10-9-19(27-22)21(26)23-12-5-6-13-23/h3-4,7-8,17,19H,5-6,9-15H2,1-2H3. The predicted molar refractivity (Wildman–Crippen MR) is 104 cm³/mol. The van der Waals surface area contributed by atoms with Crippen LogP contribution in [0, 0.1) is 12.8 Å². The topological polar surface area (TPSA) is 49.9 Å². The van der Waals surface area contributed by atoms with Gasteiger partial charge in [-0.3, -0.25) is 9.59 Å². The average molecular weight is 370 g/mol. The third-order valence-corrected chi connectivity index (χ3v) is 6.76. The molecule has 0 aromatic heterocycles. The van der Waals surface area contributed by atoms with E-state index in [-0.39, 0.29) is 29.4 Å². The molecule has 146 valence electrons. The molecule has 3 aliphatic rings. The first kappa shape index (κ1) is 18.5. The molecule has 1 spiro atoms. The van der Waals surface area contributed by atoms with Crippen LogP contribution < -0.4 is 0 Å². The first-order chi connectivity index (χ1) is 13.0. The molecule has 5 nitrogen and oxygen atoms in total. The summed E-state index contributed by atoms with van der Waals surface area (Å²) in [5.41, 5.74) is 1.56. The Balaban J connectivity index is 1.41. The lowest BCUT2D eigenvalue weighted by Crippen LogP contribution is -2.53. The third-order valence-electron chi connectivity index (χ3n) is 6.76. The first-order valence-corrected chi connectivity index (χ1v) is 10.3. The molecule has 27 heavy (non-hydrogen) atoms. The lowest BCUT2D eigenvalue weighted by atomic mass is 9.80. The summed E-state index contributed by atoms with van der Waals surface area (Å²) in [4.78, 5) is 29.6. The summed E-state index contributed by atoms with van der Waals surface area (Å²) >= 11 is 0. The Hall–Kier alpha value is -1.88. The number of aryl methyl sites for hydroxylation is 1. The quantitative estimate of drug-likeness (QED) is 0.804. The van der Waals surface area contributed by atoms with Crippen LogP contribution in [-0.2, 0) is 9.53 Å². The molecule has 5 heteroatoms. The van der Waals surface area contributed by atoms with Crippen LogP contribution in [0.5, 0.6) is 0 Å². The molecule has 1 aromatic rings. The Morgan fingerprint density at radius 1 is 1.07 bits per heavy atom. The number of likely N-dealkylation sites (tertiary alicyclic amines) is 2. The lowest BCUT2D eigenvalue weighted by Gasteiger charge is -2.44. The van der Waals surface area contributed by atoms with Gasteiger partial charge in [-0.25, -0.2) is 0 Å². The molecule has 2 amide bonds. The van der Waals surface area contributed by atoms with E-state index in [1.54, 1.807) is 0 Å². The third kappa shape index (κ3) is 3.38. The van der Waals surface area contributed by atoms with Crippen molar-refractivity contribution in [2.45, 2.75) is 57.7 Å². The van der Waals surface area contributed by atoms with E-state index in [4.69, 9.17) is 4.74 Å². The highest BCUT2D eigenvalue weighted by Gasteiger charge is 2.50. The summed E-state index contributed by atoms with van der Waals surface area (Å²) in [6, 6.07) is 7.77. The van der Waals surface area contributed by atoms with Gasteiger partial charge in [0, 0.05) is 37.7 Å². The van der Waals surface area contributed by atoms with E-state index in [0.29, 0.717) is 13.1 Å². The molecular weight excluding hydrogens is 340 g/mol. The molecule has 0 bridgehead atoms. The van der Waals surface area contributed by atoms with Crippen molar-refractivity contribution < 1.29 is 14.3 Å². The van der Waals surface area contributed by atoms with Gasteiger partial charge in [0.05, 0.1) is 5.60 Å². The van der Waals surface area contributed by atoms with Crippen LogP contribution in [0.2, 0.25) is 0 Å². The van der Waals surface area contributed by atoms with E-state index >= 15 is 0 Å². The molecule has 3 fully saturated rings. The van der Waals surface area contributed by atoms with Crippen molar-refractivity contribution in [3.05, 3.63) is 35.4 Å². The van der Waals surface area contributed by atoms with Crippen LogP contribution in [0.4, 0.5) is 0 Å². The molecule has 3 atom stereocenters. The van der Waals surface area contributed by atoms with E-state index < -0.39 is 0 Å².